The third-order valence-electron chi connectivity index (χ3n) is 5.22. The molecule has 11 heteroatoms. The van der Waals surface area contributed by atoms with Crippen molar-refractivity contribution < 1.29 is 31.1 Å². The minimum absolute atomic E-state index is 0.178. The number of fused-ring (bicyclic) bond motifs is 4. The molecular weight excluding hydrogens is 424 g/mol. The lowest BCUT2D eigenvalue weighted by atomic mass is 9.93. The number of nitrogens with one attached hydrogen (secondary N) is 1. The second kappa shape index (κ2) is 6.79. The minimum Gasteiger partial charge on any atom is -0.311 e. The molecule has 1 aromatic carbocycles. The van der Waals surface area contributed by atoms with Gasteiger partial charge in [0.25, 0.3) is 0 Å². The van der Waals surface area contributed by atoms with Gasteiger partial charge in [-0.3, -0.25) is 0 Å². The van der Waals surface area contributed by atoms with E-state index in [1.165, 1.54) is 6.07 Å². The van der Waals surface area contributed by atoms with Crippen LogP contribution in [0.1, 0.15) is 41.7 Å². The average Bonchev–Trinajstić information content (AvgIpc) is 3.01. The Morgan fingerprint density at radius 1 is 1.24 bits per heavy atom. The fourth-order valence-corrected chi connectivity index (χ4v) is 4.25. The second-order valence-electron chi connectivity index (χ2n) is 6.81. The first-order valence-corrected chi connectivity index (χ1v) is 8.91. The van der Waals surface area contributed by atoms with Crippen LogP contribution < -0.4 is 5.32 Å². The van der Waals surface area contributed by atoms with Gasteiger partial charge in [-0.05, 0) is 36.6 Å². The first-order valence-electron chi connectivity index (χ1n) is 8.53. The van der Waals surface area contributed by atoms with E-state index >= 15 is 0 Å². The third-order valence-corrected chi connectivity index (χ3v) is 5.53. The van der Waals surface area contributed by atoms with Crippen molar-refractivity contribution in [2.24, 2.45) is 0 Å². The molecule has 1 aromatic heterocycles. The van der Waals surface area contributed by atoms with E-state index in [4.69, 9.17) is 11.6 Å². The van der Waals surface area contributed by atoms with Gasteiger partial charge in [-0.15, -0.1) is 0 Å². The van der Waals surface area contributed by atoms with E-state index in [2.05, 4.69) is 10.3 Å². The highest BCUT2D eigenvalue weighted by molar-refractivity contribution is 6.31. The first-order chi connectivity index (χ1) is 13.6. The number of nitrogens with zero attached hydrogens (tertiary/aromatic N) is 2. The molecule has 1 fully saturated rings. The van der Waals surface area contributed by atoms with Crippen molar-refractivity contribution in [1.82, 2.24) is 9.88 Å². The van der Waals surface area contributed by atoms with E-state index < -0.39 is 58.5 Å². The fraction of sp³-hybridized carbons (Fsp3) is 0.333. The zero-order valence-electron chi connectivity index (χ0n) is 14.4. The van der Waals surface area contributed by atoms with Gasteiger partial charge >= 0.3 is 12.2 Å². The lowest BCUT2D eigenvalue weighted by Gasteiger charge is -2.38. The maximum atomic E-state index is 14.9. The van der Waals surface area contributed by atoms with E-state index in [1.807, 2.05) is 0 Å². The number of aromatic nitrogens is 1. The van der Waals surface area contributed by atoms with Crippen LogP contribution in [0.2, 0.25) is 5.02 Å². The summed E-state index contributed by atoms with van der Waals surface area (Å²) in [5.41, 5.74) is -1.89. The largest absolute Gasteiger partial charge is 0.417 e. The van der Waals surface area contributed by atoms with Gasteiger partial charge in [0.2, 0.25) is 5.95 Å². The number of carbonyl (C=O) groups is 1. The van der Waals surface area contributed by atoms with Crippen LogP contribution >= 0.6 is 11.6 Å². The minimum atomic E-state index is -4.87. The Morgan fingerprint density at radius 3 is 2.66 bits per heavy atom. The van der Waals surface area contributed by atoms with E-state index in [0.717, 1.165) is 11.1 Å². The number of benzene rings is 1. The van der Waals surface area contributed by atoms with Gasteiger partial charge in [-0.1, -0.05) is 11.6 Å². The zero-order valence-corrected chi connectivity index (χ0v) is 15.2. The van der Waals surface area contributed by atoms with Crippen molar-refractivity contribution in [3.05, 3.63) is 57.9 Å². The molecule has 4 nitrogen and oxygen atoms in total. The number of halogens is 7. The number of alkyl halides is 4. The molecule has 2 bridgehead atoms. The van der Waals surface area contributed by atoms with Crippen LogP contribution in [0.4, 0.5) is 36.8 Å². The van der Waals surface area contributed by atoms with Crippen LogP contribution in [0.15, 0.2) is 24.4 Å². The number of rotatable bonds is 1. The maximum Gasteiger partial charge on any atom is 0.417 e. The van der Waals surface area contributed by atoms with E-state index in [-0.39, 0.29) is 23.6 Å². The lowest BCUT2D eigenvalue weighted by Crippen LogP contribution is -2.45. The van der Waals surface area contributed by atoms with Gasteiger partial charge in [-0.2, -0.15) is 17.6 Å². The number of anilines is 1. The average molecular weight is 436 g/mol. The third kappa shape index (κ3) is 3.19. The summed E-state index contributed by atoms with van der Waals surface area (Å²) in [5, 5.41) is 1.36. The molecular formula is C18H12ClF6N3O. The number of urea groups is 1. The van der Waals surface area contributed by atoms with Gasteiger partial charge in [0.1, 0.15) is 5.82 Å². The molecule has 4 rings (SSSR count). The molecule has 1 saturated heterocycles. The van der Waals surface area contributed by atoms with Gasteiger partial charge in [-0.25, -0.2) is 18.6 Å². The van der Waals surface area contributed by atoms with Crippen LogP contribution in [0, 0.1) is 11.8 Å². The molecule has 2 aliphatic rings. The van der Waals surface area contributed by atoms with Crippen LogP contribution in [-0.4, -0.2) is 22.0 Å². The smallest absolute Gasteiger partial charge is 0.311 e. The normalized spacial score (nSPS) is 23.1. The van der Waals surface area contributed by atoms with E-state index in [9.17, 15) is 31.1 Å². The first kappa shape index (κ1) is 19.8. The number of hydrogen-bond donors (Lipinski definition) is 1. The molecule has 3 heterocycles. The molecule has 1 unspecified atom stereocenters. The molecule has 154 valence electrons. The monoisotopic (exact) mass is 435 g/mol. The number of carbonyl (C=O) groups excluding carboxylic acids is 1. The quantitative estimate of drug-likeness (QED) is 0.455. The Kier molecular flexibility index (Phi) is 4.64. The number of hydrogen-bond acceptors (Lipinski definition) is 2. The summed E-state index contributed by atoms with van der Waals surface area (Å²) < 4.78 is 81.5. The predicted molar refractivity (Wildman–Crippen MR) is 91.1 cm³/mol. The fourth-order valence-electron chi connectivity index (χ4n) is 3.98. The highest BCUT2D eigenvalue weighted by Crippen LogP contribution is 2.50. The standard InChI is InChI=1S/C18H12ClF6N3O/c19-9-6-11(10(20)5-8(9)18(23,24)25)27-17(29)28-12-1-2-13(28)15(21)14-7(12)3-4-26-16(14)22/h3-6,12-13,15H,1-2H2,(H,27,29)/t12-,13?,15-/m1/s1. The molecule has 2 amide bonds. The van der Waals surface area contributed by atoms with Crippen molar-refractivity contribution in [3.63, 3.8) is 0 Å². The summed E-state index contributed by atoms with van der Waals surface area (Å²) in [6.07, 6.45) is -4.95. The molecule has 3 atom stereocenters. The van der Waals surface area contributed by atoms with Gasteiger partial charge < -0.3 is 10.2 Å². The Morgan fingerprint density at radius 2 is 1.97 bits per heavy atom. The number of amides is 2. The van der Waals surface area contributed by atoms with Crippen LogP contribution in [0.5, 0.6) is 0 Å². The van der Waals surface area contributed by atoms with Gasteiger partial charge in [0.15, 0.2) is 6.17 Å². The van der Waals surface area contributed by atoms with Crippen LogP contribution in [0.3, 0.4) is 0 Å². The predicted octanol–water partition coefficient (Wildman–Crippen LogP) is 5.79. The molecule has 0 saturated carbocycles. The van der Waals surface area contributed by atoms with E-state index in [1.54, 1.807) is 0 Å². The molecule has 2 aliphatic heterocycles. The maximum absolute atomic E-state index is 14.9. The SMILES string of the molecule is O=C(Nc1cc(Cl)c(C(F)(F)F)cc1F)N1C2CC[C@@H]1c1ccnc(F)c1[C@@H]2F. The number of pyridine rings is 1. The molecule has 0 aliphatic carbocycles. The van der Waals surface area contributed by atoms with E-state index in [0.29, 0.717) is 12.5 Å². The van der Waals surface area contributed by atoms with Gasteiger partial charge in [0.05, 0.1) is 28.4 Å². The van der Waals surface area contributed by atoms with Gasteiger partial charge in [0, 0.05) is 11.8 Å². The molecule has 0 radical (unpaired) electrons. The zero-order chi connectivity index (χ0) is 21.1. The summed E-state index contributed by atoms with van der Waals surface area (Å²) in [6.45, 7) is 0. The van der Waals surface area contributed by atoms with Crippen molar-refractivity contribution in [2.45, 2.75) is 37.3 Å². The summed E-state index contributed by atoms with van der Waals surface area (Å²) in [6, 6.07) is -0.345. The molecule has 0 spiro atoms. The summed E-state index contributed by atoms with van der Waals surface area (Å²) in [4.78, 5) is 17.3. The van der Waals surface area contributed by atoms with Crippen molar-refractivity contribution in [3.8, 4) is 0 Å². The summed E-state index contributed by atoms with van der Waals surface area (Å²) in [7, 11) is 0. The Balaban J connectivity index is 1.64. The Bertz CT molecular complexity index is 998. The van der Waals surface area contributed by atoms with Crippen molar-refractivity contribution in [2.75, 3.05) is 5.32 Å². The van der Waals surface area contributed by atoms with Crippen molar-refractivity contribution >= 4 is 23.3 Å². The highest BCUT2D eigenvalue weighted by Gasteiger charge is 2.49. The Hall–Kier alpha value is -2.49. The topological polar surface area (TPSA) is 45.2 Å². The lowest BCUT2D eigenvalue weighted by molar-refractivity contribution is -0.137. The summed E-state index contributed by atoms with van der Waals surface area (Å²) >= 11 is 5.57. The van der Waals surface area contributed by atoms with Crippen molar-refractivity contribution in [1.29, 1.82) is 0 Å². The Labute approximate surface area is 165 Å². The summed E-state index contributed by atoms with van der Waals surface area (Å²) in [5.74, 6) is -2.29. The molecule has 2 aromatic rings. The highest BCUT2D eigenvalue weighted by atomic mass is 35.5. The second-order valence-corrected chi connectivity index (χ2v) is 7.22. The molecule has 29 heavy (non-hydrogen) atoms. The van der Waals surface area contributed by atoms with Crippen LogP contribution in [-0.2, 0) is 6.18 Å². The van der Waals surface area contributed by atoms with Crippen LogP contribution in [0.25, 0.3) is 0 Å². The molecule has 1 N–H and O–H groups in total.